The van der Waals surface area contributed by atoms with Crippen LogP contribution in [-0.4, -0.2) is 31.6 Å². The third kappa shape index (κ3) is 3.25. The lowest BCUT2D eigenvalue weighted by atomic mass is 9.80. The van der Waals surface area contributed by atoms with Gasteiger partial charge in [-0.05, 0) is 18.4 Å². The fraction of sp³-hybridized carbons (Fsp3) is 0.429. The molecule has 0 aliphatic carbocycles. The first kappa shape index (κ1) is 15.5. The molecule has 0 amide bonds. The van der Waals surface area contributed by atoms with Crippen LogP contribution in [0.15, 0.2) is 30.9 Å². The van der Waals surface area contributed by atoms with Gasteiger partial charge in [0.1, 0.15) is 29.9 Å². The van der Waals surface area contributed by atoms with Crippen LogP contribution in [0.5, 0.6) is 0 Å². The number of aliphatic hydroxyl groups excluding tert-OH is 1. The molecule has 5 nitrogen and oxygen atoms in total. The molecule has 1 heterocycles. The van der Waals surface area contributed by atoms with Crippen molar-refractivity contribution in [2.45, 2.75) is 25.5 Å². The first-order chi connectivity index (χ1) is 9.97. The van der Waals surface area contributed by atoms with Crippen molar-refractivity contribution >= 4 is 0 Å². The maximum Gasteiger partial charge on any atom is 0.137 e. The molecular weight excluding hydrogens is 280 g/mol. The molecule has 0 saturated heterocycles. The van der Waals surface area contributed by atoms with E-state index >= 15 is 0 Å². The van der Waals surface area contributed by atoms with Crippen LogP contribution in [0.4, 0.5) is 8.78 Å². The highest BCUT2D eigenvalue weighted by Crippen LogP contribution is 2.35. The summed E-state index contributed by atoms with van der Waals surface area (Å²) in [6.07, 6.45) is 2.97. The minimum atomic E-state index is -1.63. The van der Waals surface area contributed by atoms with Gasteiger partial charge >= 0.3 is 0 Å². The van der Waals surface area contributed by atoms with Crippen molar-refractivity contribution in [2.24, 2.45) is 5.92 Å². The Morgan fingerprint density at radius 2 is 2.14 bits per heavy atom. The number of hydrogen-bond acceptors (Lipinski definition) is 4. The zero-order chi connectivity index (χ0) is 15.5. The third-order valence-corrected chi connectivity index (χ3v) is 3.64. The van der Waals surface area contributed by atoms with E-state index < -0.39 is 23.2 Å². The molecule has 7 heteroatoms. The summed E-state index contributed by atoms with van der Waals surface area (Å²) in [6.45, 7) is 1.50. The lowest BCUT2D eigenvalue weighted by Crippen LogP contribution is -2.39. The summed E-state index contributed by atoms with van der Waals surface area (Å²) in [5, 5.41) is 24.0. The highest BCUT2D eigenvalue weighted by molar-refractivity contribution is 5.26. The summed E-state index contributed by atoms with van der Waals surface area (Å²) < 4.78 is 28.5. The van der Waals surface area contributed by atoms with Gasteiger partial charge in [-0.25, -0.2) is 18.4 Å². The molecule has 0 saturated carbocycles. The number of nitrogens with zero attached hydrogens (tertiary/aromatic N) is 3. The first-order valence-corrected chi connectivity index (χ1v) is 6.58. The second-order valence-electron chi connectivity index (χ2n) is 5.05. The van der Waals surface area contributed by atoms with Crippen molar-refractivity contribution in [2.75, 3.05) is 6.61 Å². The first-order valence-electron chi connectivity index (χ1n) is 6.58. The van der Waals surface area contributed by atoms with Crippen molar-refractivity contribution in [3.8, 4) is 0 Å². The lowest BCUT2D eigenvalue weighted by Gasteiger charge is -2.34. The number of aromatic nitrogens is 3. The van der Waals surface area contributed by atoms with Gasteiger partial charge < -0.3 is 10.2 Å². The van der Waals surface area contributed by atoms with Gasteiger partial charge in [0.15, 0.2) is 0 Å². The average Bonchev–Trinajstić information content (AvgIpc) is 2.91. The highest BCUT2D eigenvalue weighted by Gasteiger charge is 2.38. The minimum absolute atomic E-state index is 0.0275. The second-order valence-corrected chi connectivity index (χ2v) is 5.05. The van der Waals surface area contributed by atoms with Gasteiger partial charge in [-0.3, -0.25) is 0 Å². The summed E-state index contributed by atoms with van der Waals surface area (Å²) in [6, 6.07) is 3.04. The predicted molar refractivity (Wildman–Crippen MR) is 71.1 cm³/mol. The van der Waals surface area contributed by atoms with E-state index in [0.29, 0.717) is 0 Å². The Morgan fingerprint density at radius 1 is 1.38 bits per heavy atom. The monoisotopic (exact) mass is 297 g/mol. The van der Waals surface area contributed by atoms with Crippen molar-refractivity contribution in [1.82, 2.24) is 14.8 Å². The van der Waals surface area contributed by atoms with Crippen LogP contribution in [0.2, 0.25) is 0 Å². The van der Waals surface area contributed by atoms with E-state index in [2.05, 4.69) is 10.1 Å². The van der Waals surface area contributed by atoms with Crippen LogP contribution >= 0.6 is 0 Å². The molecule has 0 aliphatic heterocycles. The molecule has 1 aromatic heterocycles. The minimum Gasteiger partial charge on any atom is -0.396 e. The van der Waals surface area contributed by atoms with E-state index in [-0.39, 0.29) is 25.1 Å². The van der Waals surface area contributed by atoms with Gasteiger partial charge in [0.25, 0.3) is 0 Å². The van der Waals surface area contributed by atoms with Crippen LogP contribution in [0, 0.1) is 17.6 Å². The molecule has 0 aliphatic rings. The molecule has 0 unspecified atom stereocenters. The van der Waals surface area contributed by atoms with Gasteiger partial charge in [-0.15, -0.1) is 0 Å². The van der Waals surface area contributed by atoms with E-state index in [4.69, 9.17) is 5.11 Å². The van der Waals surface area contributed by atoms with Gasteiger partial charge in [0, 0.05) is 18.2 Å². The summed E-state index contributed by atoms with van der Waals surface area (Å²) in [5.74, 6) is -2.01. The standard InChI is InChI=1S/C14H17F2N3O2/c1-10(4-5-20)14(21,7-19-9-17-8-18-19)12-3-2-11(15)6-13(12)16/h2-3,6,8-10,20-21H,4-5,7H2,1H3/t10-,14+/m0/s1. The summed E-state index contributed by atoms with van der Waals surface area (Å²) in [5.41, 5.74) is -1.66. The van der Waals surface area contributed by atoms with Crippen LogP contribution in [-0.2, 0) is 12.1 Å². The number of hydrogen-bond donors (Lipinski definition) is 2. The predicted octanol–water partition coefficient (Wildman–Crippen LogP) is 1.46. The molecule has 114 valence electrons. The number of aliphatic hydroxyl groups is 2. The van der Waals surface area contributed by atoms with Gasteiger partial charge in [-0.1, -0.05) is 13.0 Å². The normalized spacial score (nSPS) is 15.7. The SMILES string of the molecule is C[C@@H](CCO)[C@](O)(Cn1cncn1)c1ccc(F)cc1F. The van der Waals surface area contributed by atoms with Gasteiger partial charge in [-0.2, -0.15) is 5.10 Å². The Labute approximate surface area is 120 Å². The summed E-state index contributed by atoms with van der Waals surface area (Å²) >= 11 is 0. The highest BCUT2D eigenvalue weighted by atomic mass is 19.1. The summed E-state index contributed by atoms with van der Waals surface area (Å²) in [4.78, 5) is 3.78. The summed E-state index contributed by atoms with van der Waals surface area (Å²) in [7, 11) is 0. The van der Waals surface area contributed by atoms with Crippen molar-refractivity contribution < 1.29 is 19.0 Å². The number of rotatable bonds is 6. The Balaban J connectivity index is 2.43. The van der Waals surface area contributed by atoms with E-state index in [0.717, 1.165) is 12.1 Å². The molecule has 1 aromatic carbocycles. The largest absolute Gasteiger partial charge is 0.396 e. The molecule has 2 rings (SSSR count). The van der Waals surface area contributed by atoms with Crippen LogP contribution in [0.3, 0.4) is 0 Å². The Bertz CT molecular complexity index is 592. The second kappa shape index (κ2) is 6.28. The van der Waals surface area contributed by atoms with E-state index in [1.165, 1.54) is 23.4 Å². The lowest BCUT2D eigenvalue weighted by molar-refractivity contribution is -0.0462. The van der Waals surface area contributed by atoms with E-state index in [9.17, 15) is 13.9 Å². The molecule has 2 N–H and O–H groups in total. The van der Waals surface area contributed by atoms with Crippen molar-refractivity contribution in [1.29, 1.82) is 0 Å². The Hall–Kier alpha value is -1.86. The van der Waals surface area contributed by atoms with Gasteiger partial charge in [0.05, 0.1) is 6.54 Å². The fourth-order valence-electron chi connectivity index (χ4n) is 2.34. The molecule has 0 fully saturated rings. The molecule has 2 atom stereocenters. The topological polar surface area (TPSA) is 71.2 Å². The quantitative estimate of drug-likeness (QED) is 0.847. The average molecular weight is 297 g/mol. The smallest absolute Gasteiger partial charge is 0.137 e. The van der Waals surface area contributed by atoms with Crippen molar-refractivity contribution in [3.63, 3.8) is 0 Å². The maximum atomic E-state index is 14.1. The Morgan fingerprint density at radius 3 is 2.71 bits per heavy atom. The molecule has 0 radical (unpaired) electrons. The molecule has 0 bridgehead atoms. The molecule has 0 spiro atoms. The third-order valence-electron chi connectivity index (χ3n) is 3.64. The van der Waals surface area contributed by atoms with E-state index in [1.807, 2.05) is 0 Å². The molecule has 2 aromatic rings. The fourth-order valence-corrected chi connectivity index (χ4v) is 2.34. The van der Waals surface area contributed by atoms with Crippen LogP contribution in [0.25, 0.3) is 0 Å². The number of halogens is 2. The molecule has 21 heavy (non-hydrogen) atoms. The van der Waals surface area contributed by atoms with E-state index in [1.54, 1.807) is 6.92 Å². The Kier molecular flexibility index (Phi) is 4.64. The van der Waals surface area contributed by atoms with Crippen molar-refractivity contribution in [3.05, 3.63) is 48.1 Å². The number of benzene rings is 1. The zero-order valence-electron chi connectivity index (χ0n) is 11.6. The molecular formula is C14H17F2N3O2. The van der Waals surface area contributed by atoms with Gasteiger partial charge in [0.2, 0.25) is 0 Å². The zero-order valence-corrected chi connectivity index (χ0v) is 11.6. The maximum absolute atomic E-state index is 14.1. The van der Waals surface area contributed by atoms with Crippen LogP contribution in [0.1, 0.15) is 18.9 Å². The van der Waals surface area contributed by atoms with Crippen LogP contribution < -0.4 is 0 Å².